The minimum absolute atomic E-state index is 0.705. The van der Waals surface area contributed by atoms with Crippen LogP contribution in [0.5, 0.6) is 0 Å². The Morgan fingerprint density at radius 2 is 2.29 bits per heavy atom. The monoisotopic (exact) mass is 215 g/mol. The van der Waals surface area contributed by atoms with E-state index in [9.17, 15) is 0 Å². The van der Waals surface area contributed by atoms with Gasteiger partial charge in [-0.1, -0.05) is 18.7 Å². The maximum absolute atomic E-state index is 6.01. The predicted molar refractivity (Wildman–Crippen MR) is 62.4 cm³/mol. The van der Waals surface area contributed by atoms with Gasteiger partial charge in [-0.25, -0.2) is 4.99 Å². The number of aliphatic imine (C=N–C) groups is 2. The Labute approximate surface area is 88.6 Å². The second kappa shape index (κ2) is 4.65. The molecule has 0 saturated heterocycles. The zero-order chi connectivity index (χ0) is 10.6. The van der Waals surface area contributed by atoms with E-state index in [0.717, 1.165) is 18.1 Å². The summed E-state index contributed by atoms with van der Waals surface area (Å²) in [6.07, 6.45) is 2.68. The van der Waals surface area contributed by atoms with Gasteiger partial charge in [0.1, 0.15) is 0 Å². The maximum Gasteiger partial charge on any atom is 0.200 e. The summed E-state index contributed by atoms with van der Waals surface area (Å²) in [5, 5.41) is 6.93. The summed E-state index contributed by atoms with van der Waals surface area (Å²) in [7, 11) is 0. The topological polar surface area (TPSA) is 74.8 Å². The highest BCUT2D eigenvalue weighted by atomic mass is 32.2. The number of nitrogens with zero attached hydrogens (tertiary/aromatic N) is 2. The fraction of sp³-hybridized carbons (Fsp3) is 0.750. The van der Waals surface area contributed by atoms with Crippen molar-refractivity contribution in [3.63, 3.8) is 0 Å². The van der Waals surface area contributed by atoms with Crippen LogP contribution in [0.4, 0.5) is 0 Å². The van der Waals surface area contributed by atoms with Crippen LogP contribution in [-0.2, 0) is 0 Å². The summed E-state index contributed by atoms with van der Waals surface area (Å²) in [4.78, 5) is 8.58. The number of hydrogen-bond donors (Lipinski definition) is 3. The Morgan fingerprint density at radius 3 is 2.79 bits per heavy atom. The van der Waals surface area contributed by atoms with Crippen molar-refractivity contribution in [3.8, 4) is 0 Å². The third-order valence-corrected chi connectivity index (χ3v) is 2.49. The lowest BCUT2D eigenvalue weighted by Crippen LogP contribution is -2.62. The molecule has 6 heteroatoms. The van der Waals surface area contributed by atoms with Gasteiger partial charge in [0, 0.05) is 13.0 Å². The zero-order valence-corrected chi connectivity index (χ0v) is 9.61. The molecule has 0 aromatic carbocycles. The second-order valence-corrected chi connectivity index (χ2v) is 3.77. The van der Waals surface area contributed by atoms with Crippen molar-refractivity contribution >= 4 is 22.9 Å². The summed E-state index contributed by atoms with van der Waals surface area (Å²) in [5.41, 5.74) is 6.01. The van der Waals surface area contributed by atoms with Gasteiger partial charge in [0.15, 0.2) is 16.9 Å². The third kappa shape index (κ3) is 2.62. The summed E-state index contributed by atoms with van der Waals surface area (Å²) >= 11 is 1.53. The third-order valence-electron chi connectivity index (χ3n) is 1.91. The molecule has 14 heavy (non-hydrogen) atoms. The smallest absolute Gasteiger partial charge is 0.200 e. The van der Waals surface area contributed by atoms with E-state index in [1.807, 2.05) is 20.1 Å². The van der Waals surface area contributed by atoms with Crippen molar-refractivity contribution < 1.29 is 0 Å². The molecule has 0 bridgehead atoms. The van der Waals surface area contributed by atoms with E-state index in [4.69, 9.17) is 5.73 Å². The van der Waals surface area contributed by atoms with E-state index in [2.05, 4.69) is 20.6 Å². The lowest BCUT2D eigenvalue weighted by atomic mass is 10.3. The van der Waals surface area contributed by atoms with Crippen LogP contribution in [0.15, 0.2) is 9.98 Å². The quantitative estimate of drug-likeness (QED) is 0.619. The first-order valence-electron chi connectivity index (χ1n) is 4.66. The number of amidine groups is 1. The van der Waals surface area contributed by atoms with Gasteiger partial charge < -0.3 is 10.6 Å². The van der Waals surface area contributed by atoms with E-state index in [1.54, 1.807) is 0 Å². The fourth-order valence-electron chi connectivity index (χ4n) is 1.08. The van der Waals surface area contributed by atoms with Gasteiger partial charge in [-0.2, -0.15) is 0 Å². The molecule has 1 unspecified atom stereocenters. The fourth-order valence-corrected chi connectivity index (χ4v) is 1.53. The van der Waals surface area contributed by atoms with Gasteiger partial charge in [-0.3, -0.25) is 10.7 Å². The van der Waals surface area contributed by atoms with E-state index < -0.39 is 5.79 Å². The highest BCUT2D eigenvalue weighted by Crippen LogP contribution is 2.11. The Balaban J connectivity index is 2.87. The molecule has 0 fully saturated rings. The zero-order valence-electron chi connectivity index (χ0n) is 8.79. The second-order valence-electron chi connectivity index (χ2n) is 2.97. The van der Waals surface area contributed by atoms with Crippen LogP contribution in [0.1, 0.15) is 20.3 Å². The Bertz CT molecular complexity index is 262. The number of hydrogen-bond acceptors (Lipinski definition) is 4. The van der Waals surface area contributed by atoms with Gasteiger partial charge in [0.25, 0.3) is 0 Å². The first-order chi connectivity index (χ1) is 6.63. The molecule has 1 aliphatic rings. The van der Waals surface area contributed by atoms with Crippen LogP contribution in [0, 0.1) is 0 Å². The molecular formula is C8H17N5S. The van der Waals surface area contributed by atoms with Crippen molar-refractivity contribution in [2.45, 2.75) is 26.1 Å². The number of nitrogens with two attached hydrogens (primary N) is 1. The standard InChI is InChI=1S/C8H17N5S/c1-4-8(9)12-6(10-5-2)11-7(13-8)14-3/h4-5,9H2,1-3H3,(H2,10,11,12,13). The molecule has 0 radical (unpaired) electrons. The lowest BCUT2D eigenvalue weighted by Gasteiger charge is -2.32. The van der Waals surface area contributed by atoms with E-state index >= 15 is 0 Å². The maximum atomic E-state index is 6.01. The largest absolute Gasteiger partial charge is 0.319 e. The first kappa shape index (κ1) is 11.3. The Morgan fingerprint density at radius 1 is 1.57 bits per heavy atom. The van der Waals surface area contributed by atoms with Crippen LogP contribution in [0.2, 0.25) is 0 Å². The molecule has 1 rings (SSSR count). The predicted octanol–water partition coefficient (Wildman–Crippen LogP) is 0.297. The molecule has 4 N–H and O–H groups in total. The van der Waals surface area contributed by atoms with Crippen LogP contribution in [-0.4, -0.2) is 29.7 Å². The van der Waals surface area contributed by atoms with Crippen LogP contribution < -0.4 is 16.4 Å². The molecule has 0 aliphatic carbocycles. The molecular weight excluding hydrogens is 198 g/mol. The number of guanidine groups is 1. The summed E-state index contributed by atoms with van der Waals surface area (Å²) in [6, 6.07) is 0. The highest BCUT2D eigenvalue weighted by Gasteiger charge is 2.28. The van der Waals surface area contributed by atoms with Crippen molar-refractivity contribution in [1.29, 1.82) is 0 Å². The molecule has 0 spiro atoms. The average Bonchev–Trinajstić information content (AvgIpc) is 2.17. The van der Waals surface area contributed by atoms with E-state index in [1.165, 1.54) is 11.8 Å². The van der Waals surface area contributed by atoms with Gasteiger partial charge in [-0.15, -0.1) is 0 Å². The van der Waals surface area contributed by atoms with Gasteiger partial charge >= 0.3 is 0 Å². The van der Waals surface area contributed by atoms with Crippen LogP contribution in [0.3, 0.4) is 0 Å². The molecule has 5 nitrogen and oxygen atoms in total. The highest BCUT2D eigenvalue weighted by molar-refractivity contribution is 8.13. The summed E-state index contributed by atoms with van der Waals surface area (Å²) in [5.74, 6) is -0.00590. The summed E-state index contributed by atoms with van der Waals surface area (Å²) < 4.78 is 0. The normalized spacial score (nSPS) is 29.4. The molecule has 0 saturated carbocycles. The SMILES string of the molecule is CCN=C1NC(SC)=NC(N)(CC)N1. The van der Waals surface area contributed by atoms with Crippen molar-refractivity contribution in [3.05, 3.63) is 0 Å². The molecule has 0 aromatic heterocycles. The molecule has 1 heterocycles. The molecule has 1 atom stereocenters. The molecule has 0 amide bonds. The van der Waals surface area contributed by atoms with Gasteiger partial charge in [0.05, 0.1) is 0 Å². The summed E-state index contributed by atoms with van der Waals surface area (Å²) in [6.45, 7) is 4.69. The number of nitrogens with one attached hydrogen (secondary N) is 2. The number of rotatable bonds is 2. The van der Waals surface area contributed by atoms with Crippen LogP contribution >= 0.6 is 11.8 Å². The molecule has 0 aromatic rings. The first-order valence-corrected chi connectivity index (χ1v) is 5.88. The van der Waals surface area contributed by atoms with Crippen molar-refractivity contribution in [1.82, 2.24) is 10.6 Å². The Hall–Kier alpha value is -0.750. The van der Waals surface area contributed by atoms with Gasteiger partial charge in [0.2, 0.25) is 0 Å². The van der Waals surface area contributed by atoms with Crippen molar-refractivity contribution in [2.24, 2.45) is 15.7 Å². The Kier molecular flexibility index (Phi) is 3.77. The minimum Gasteiger partial charge on any atom is -0.319 e. The number of thioether (sulfide) groups is 1. The lowest BCUT2D eigenvalue weighted by molar-refractivity contribution is 0.388. The minimum atomic E-state index is -0.711. The molecule has 80 valence electrons. The molecule has 1 aliphatic heterocycles. The van der Waals surface area contributed by atoms with Crippen LogP contribution in [0.25, 0.3) is 0 Å². The average molecular weight is 215 g/mol. The van der Waals surface area contributed by atoms with E-state index in [0.29, 0.717) is 5.96 Å². The van der Waals surface area contributed by atoms with Gasteiger partial charge in [-0.05, 0) is 13.2 Å². The van der Waals surface area contributed by atoms with Crippen molar-refractivity contribution in [2.75, 3.05) is 12.8 Å². The van der Waals surface area contributed by atoms with E-state index in [-0.39, 0.29) is 0 Å².